The fourth-order valence-electron chi connectivity index (χ4n) is 1.25. The monoisotopic (exact) mass is 190 g/mol. The number of hydrogen-bond acceptors (Lipinski definition) is 3. The first-order valence-corrected chi connectivity index (χ1v) is 4.16. The van der Waals surface area contributed by atoms with E-state index in [0.717, 1.165) is 0 Å². The number of hydrogen-bond donors (Lipinski definition) is 2. The predicted octanol–water partition coefficient (Wildman–Crippen LogP) is 1.40. The van der Waals surface area contributed by atoms with Gasteiger partial charge < -0.3 is 10.8 Å². The number of nitriles is 1. The van der Waals surface area contributed by atoms with E-state index in [1.165, 1.54) is 6.07 Å². The van der Waals surface area contributed by atoms with Gasteiger partial charge in [0.1, 0.15) is 0 Å². The summed E-state index contributed by atoms with van der Waals surface area (Å²) in [5.41, 5.74) is 6.90. The van der Waals surface area contributed by atoms with E-state index in [0.29, 0.717) is 17.5 Å². The molecule has 0 saturated heterocycles. The fraction of sp³-hybridized carbons (Fsp3) is 0.200. The van der Waals surface area contributed by atoms with E-state index >= 15 is 0 Å². The molecule has 0 atom stereocenters. The van der Waals surface area contributed by atoms with Crippen molar-refractivity contribution in [2.75, 3.05) is 5.73 Å². The molecular weight excluding hydrogens is 180 g/mol. The molecule has 0 aliphatic carbocycles. The second-order valence-corrected chi connectivity index (χ2v) is 2.87. The van der Waals surface area contributed by atoms with Gasteiger partial charge in [0.2, 0.25) is 0 Å². The first kappa shape index (κ1) is 10.1. The molecule has 0 radical (unpaired) electrons. The van der Waals surface area contributed by atoms with Crippen molar-refractivity contribution >= 4 is 11.7 Å². The van der Waals surface area contributed by atoms with Crippen molar-refractivity contribution in [3.63, 3.8) is 0 Å². The van der Waals surface area contributed by atoms with Crippen LogP contribution < -0.4 is 5.73 Å². The number of carboxylic acids is 1. The quantitative estimate of drug-likeness (QED) is 0.690. The standard InChI is InChI=1S/C10H10N2O2/c1-2-7-3-6(5-11)4-8(9(7)12)10(13)14/h3-4H,2,12H2,1H3,(H,13,14). The third kappa shape index (κ3) is 1.67. The zero-order chi connectivity index (χ0) is 10.7. The SMILES string of the molecule is CCc1cc(C#N)cc(C(=O)O)c1N. The van der Waals surface area contributed by atoms with Crippen LogP contribution in [0.5, 0.6) is 0 Å². The number of carbonyl (C=O) groups is 1. The van der Waals surface area contributed by atoms with Crippen LogP contribution in [0.1, 0.15) is 28.4 Å². The summed E-state index contributed by atoms with van der Waals surface area (Å²) in [5, 5.41) is 17.5. The molecule has 1 aromatic carbocycles. The summed E-state index contributed by atoms with van der Waals surface area (Å²) in [6.07, 6.45) is 0.613. The summed E-state index contributed by atoms with van der Waals surface area (Å²) in [6, 6.07) is 4.81. The van der Waals surface area contributed by atoms with Crippen molar-refractivity contribution in [3.8, 4) is 6.07 Å². The molecule has 0 heterocycles. The number of aryl methyl sites for hydroxylation is 1. The first-order chi connectivity index (χ1) is 6.60. The Balaban J connectivity index is 3.44. The molecule has 14 heavy (non-hydrogen) atoms. The van der Waals surface area contributed by atoms with Gasteiger partial charge in [-0.25, -0.2) is 4.79 Å². The van der Waals surface area contributed by atoms with Crippen LogP contribution in [-0.4, -0.2) is 11.1 Å². The van der Waals surface area contributed by atoms with E-state index in [2.05, 4.69) is 0 Å². The molecule has 4 nitrogen and oxygen atoms in total. The largest absolute Gasteiger partial charge is 0.478 e. The van der Waals surface area contributed by atoms with Gasteiger partial charge in [0.25, 0.3) is 0 Å². The van der Waals surface area contributed by atoms with E-state index in [9.17, 15) is 4.79 Å². The van der Waals surface area contributed by atoms with E-state index in [1.54, 1.807) is 6.07 Å². The van der Waals surface area contributed by atoms with Crippen LogP contribution in [0, 0.1) is 11.3 Å². The Morgan fingerprint density at radius 3 is 2.71 bits per heavy atom. The van der Waals surface area contributed by atoms with E-state index < -0.39 is 5.97 Å². The predicted molar refractivity (Wildman–Crippen MR) is 51.9 cm³/mol. The van der Waals surface area contributed by atoms with Crippen LogP contribution in [0.3, 0.4) is 0 Å². The summed E-state index contributed by atoms with van der Waals surface area (Å²) in [5.74, 6) is -1.10. The Hall–Kier alpha value is -2.02. The summed E-state index contributed by atoms with van der Waals surface area (Å²) in [6.45, 7) is 1.86. The minimum absolute atomic E-state index is 0.000833. The molecule has 0 aromatic heterocycles. The molecule has 4 heteroatoms. The zero-order valence-electron chi connectivity index (χ0n) is 7.74. The van der Waals surface area contributed by atoms with Crippen LogP contribution in [0.2, 0.25) is 0 Å². The van der Waals surface area contributed by atoms with Crippen molar-refractivity contribution in [1.82, 2.24) is 0 Å². The number of benzene rings is 1. The number of carboxylic acid groups (broad SMARTS) is 1. The lowest BCUT2D eigenvalue weighted by atomic mass is 10.0. The lowest BCUT2D eigenvalue weighted by Crippen LogP contribution is -2.06. The Bertz CT molecular complexity index is 419. The van der Waals surface area contributed by atoms with Crippen molar-refractivity contribution in [1.29, 1.82) is 5.26 Å². The van der Waals surface area contributed by atoms with Gasteiger partial charge >= 0.3 is 5.97 Å². The Morgan fingerprint density at radius 2 is 2.29 bits per heavy atom. The minimum Gasteiger partial charge on any atom is -0.478 e. The normalized spacial score (nSPS) is 9.43. The van der Waals surface area contributed by atoms with Crippen LogP contribution >= 0.6 is 0 Å². The van der Waals surface area contributed by atoms with Gasteiger partial charge in [-0.3, -0.25) is 0 Å². The highest BCUT2D eigenvalue weighted by molar-refractivity contribution is 5.95. The number of rotatable bonds is 2. The van der Waals surface area contributed by atoms with Gasteiger partial charge in [0.15, 0.2) is 0 Å². The number of anilines is 1. The lowest BCUT2D eigenvalue weighted by molar-refractivity contribution is 0.0698. The summed E-state index contributed by atoms with van der Waals surface area (Å²) >= 11 is 0. The number of aromatic carboxylic acids is 1. The smallest absolute Gasteiger partial charge is 0.337 e. The average Bonchev–Trinajstić information content (AvgIpc) is 2.17. The molecule has 1 aromatic rings. The summed E-state index contributed by atoms with van der Waals surface area (Å²) < 4.78 is 0. The topological polar surface area (TPSA) is 87.1 Å². The van der Waals surface area contributed by atoms with Crippen molar-refractivity contribution in [2.24, 2.45) is 0 Å². The van der Waals surface area contributed by atoms with Gasteiger partial charge in [-0.2, -0.15) is 5.26 Å². The van der Waals surface area contributed by atoms with Gasteiger partial charge in [-0.15, -0.1) is 0 Å². The molecule has 0 bridgehead atoms. The van der Waals surface area contributed by atoms with Crippen LogP contribution in [0.4, 0.5) is 5.69 Å². The van der Waals surface area contributed by atoms with Gasteiger partial charge in [0.05, 0.1) is 17.2 Å². The third-order valence-electron chi connectivity index (χ3n) is 2.01. The molecule has 0 unspecified atom stereocenters. The highest BCUT2D eigenvalue weighted by atomic mass is 16.4. The molecule has 3 N–H and O–H groups in total. The molecule has 0 amide bonds. The Morgan fingerprint density at radius 1 is 1.64 bits per heavy atom. The van der Waals surface area contributed by atoms with E-state index in [1.807, 2.05) is 13.0 Å². The van der Waals surface area contributed by atoms with E-state index in [-0.39, 0.29) is 11.3 Å². The maximum absolute atomic E-state index is 10.8. The second-order valence-electron chi connectivity index (χ2n) is 2.87. The maximum Gasteiger partial charge on any atom is 0.337 e. The zero-order valence-corrected chi connectivity index (χ0v) is 7.74. The van der Waals surface area contributed by atoms with Crippen LogP contribution in [-0.2, 0) is 6.42 Å². The number of nitrogen functional groups attached to an aromatic ring is 1. The van der Waals surface area contributed by atoms with Crippen molar-refractivity contribution in [2.45, 2.75) is 13.3 Å². The number of nitrogens with two attached hydrogens (primary N) is 1. The minimum atomic E-state index is -1.10. The molecule has 72 valence electrons. The Labute approximate surface area is 81.6 Å². The molecule has 0 aliphatic rings. The van der Waals surface area contributed by atoms with Crippen LogP contribution in [0.15, 0.2) is 12.1 Å². The summed E-state index contributed by atoms with van der Waals surface area (Å²) in [7, 11) is 0. The molecule has 0 fully saturated rings. The molecular formula is C10H10N2O2. The second kappa shape index (κ2) is 3.79. The van der Waals surface area contributed by atoms with Crippen molar-refractivity contribution < 1.29 is 9.90 Å². The van der Waals surface area contributed by atoms with E-state index in [4.69, 9.17) is 16.1 Å². The average molecular weight is 190 g/mol. The fourth-order valence-corrected chi connectivity index (χ4v) is 1.25. The van der Waals surface area contributed by atoms with Gasteiger partial charge in [-0.05, 0) is 24.1 Å². The van der Waals surface area contributed by atoms with Gasteiger partial charge in [0, 0.05) is 5.69 Å². The lowest BCUT2D eigenvalue weighted by Gasteiger charge is -2.06. The first-order valence-electron chi connectivity index (χ1n) is 4.16. The van der Waals surface area contributed by atoms with Crippen LogP contribution in [0.25, 0.3) is 0 Å². The third-order valence-corrected chi connectivity index (χ3v) is 2.01. The molecule has 1 rings (SSSR count). The molecule has 0 spiro atoms. The highest BCUT2D eigenvalue weighted by Crippen LogP contribution is 2.20. The Kier molecular flexibility index (Phi) is 2.73. The maximum atomic E-state index is 10.8. The van der Waals surface area contributed by atoms with Crippen molar-refractivity contribution in [3.05, 3.63) is 28.8 Å². The van der Waals surface area contributed by atoms with Gasteiger partial charge in [-0.1, -0.05) is 6.92 Å². The highest BCUT2D eigenvalue weighted by Gasteiger charge is 2.12. The molecule has 0 saturated carbocycles. The molecule has 0 aliphatic heterocycles. The number of nitrogens with zero attached hydrogens (tertiary/aromatic N) is 1. The summed E-state index contributed by atoms with van der Waals surface area (Å²) in [4.78, 5) is 10.8.